The molecule has 0 unspecified atom stereocenters. The summed E-state index contributed by atoms with van der Waals surface area (Å²) in [5, 5.41) is 0. The number of fused-ring (bicyclic) bond motifs is 1. The number of nitrogens with zero attached hydrogens (tertiary/aromatic N) is 1. The van der Waals surface area contributed by atoms with Crippen LogP contribution in [-0.4, -0.2) is 10.9 Å². The Balaban J connectivity index is 2.58. The molecule has 2 rings (SSSR count). The fourth-order valence-electron chi connectivity index (χ4n) is 1.71. The van der Waals surface area contributed by atoms with E-state index in [2.05, 4.69) is 4.98 Å². The van der Waals surface area contributed by atoms with Crippen molar-refractivity contribution < 1.29 is 4.79 Å². The van der Waals surface area contributed by atoms with Crippen LogP contribution >= 0.6 is 0 Å². The topological polar surface area (TPSA) is 82.0 Å². The standard InChI is InChI=1S/C10H11N3O/c1-5-2-6-3-7(11)8(10(12)14)9(6)13-4-5/h2,4H,3,11H2,1H3,(H2,12,14). The zero-order chi connectivity index (χ0) is 10.3. The van der Waals surface area contributed by atoms with E-state index in [-0.39, 0.29) is 0 Å². The van der Waals surface area contributed by atoms with Crippen LogP contribution in [0.4, 0.5) is 0 Å². The van der Waals surface area contributed by atoms with Crippen LogP contribution in [0.25, 0.3) is 5.57 Å². The molecule has 4 N–H and O–H groups in total. The van der Waals surface area contributed by atoms with E-state index in [1.54, 1.807) is 6.20 Å². The molecule has 4 nitrogen and oxygen atoms in total. The second-order valence-electron chi connectivity index (χ2n) is 3.46. The van der Waals surface area contributed by atoms with Gasteiger partial charge in [0, 0.05) is 18.3 Å². The van der Waals surface area contributed by atoms with Crippen molar-refractivity contribution in [1.29, 1.82) is 0 Å². The molecule has 0 aliphatic heterocycles. The fourth-order valence-corrected chi connectivity index (χ4v) is 1.71. The van der Waals surface area contributed by atoms with Gasteiger partial charge in [0.05, 0.1) is 11.3 Å². The highest BCUT2D eigenvalue weighted by molar-refractivity contribution is 6.20. The average molecular weight is 189 g/mol. The van der Waals surface area contributed by atoms with Gasteiger partial charge in [0.15, 0.2) is 0 Å². The molecule has 0 spiro atoms. The molecule has 1 aromatic heterocycles. The average Bonchev–Trinajstić information content (AvgIpc) is 2.39. The van der Waals surface area contributed by atoms with Crippen LogP contribution < -0.4 is 11.5 Å². The Bertz CT molecular complexity index is 449. The lowest BCUT2D eigenvalue weighted by Gasteiger charge is -2.01. The molecule has 72 valence electrons. The second kappa shape index (κ2) is 2.83. The van der Waals surface area contributed by atoms with Gasteiger partial charge in [-0.1, -0.05) is 6.07 Å². The predicted molar refractivity (Wildman–Crippen MR) is 53.0 cm³/mol. The molecule has 14 heavy (non-hydrogen) atoms. The predicted octanol–water partition coefficient (Wildman–Crippen LogP) is 0.101. The van der Waals surface area contributed by atoms with Gasteiger partial charge in [-0.2, -0.15) is 0 Å². The van der Waals surface area contributed by atoms with Gasteiger partial charge in [-0.15, -0.1) is 0 Å². The molecule has 4 heteroatoms. The molecule has 1 aromatic rings. The minimum atomic E-state index is -0.502. The number of aryl methyl sites for hydroxylation is 1. The molecule has 0 saturated carbocycles. The summed E-state index contributed by atoms with van der Waals surface area (Å²) < 4.78 is 0. The Labute approximate surface area is 81.6 Å². The van der Waals surface area contributed by atoms with Crippen LogP contribution in [0.2, 0.25) is 0 Å². The molecule has 1 heterocycles. The summed E-state index contributed by atoms with van der Waals surface area (Å²) >= 11 is 0. The Morgan fingerprint density at radius 2 is 2.29 bits per heavy atom. The van der Waals surface area contributed by atoms with Crippen LogP contribution in [-0.2, 0) is 11.2 Å². The first kappa shape index (κ1) is 8.74. The van der Waals surface area contributed by atoms with Crippen molar-refractivity contribution in [3.05, 3.63) is 34.8 Å². The number of amides is 1. The summed E-state index contributed by atoms with van der Waals surface area (Å²) in [6, 6.07) is 1.98. The van der Waals surface area contributed by atoms with E-state index in [9.17, 15) is 4.79 Å². The van der Waals surface area contributed by atoms with E-state index >= 15 is 0 Å². The SMILES string of the molecule is Cc1cnc2c(c1)CC(N)=C2C(N)=O. The Morgan fingerprint density at radius 3 is 2.93 bits per heavy atom. The number of hydrogen-bond donors (Lipinski definition) is 2. The number of pyridine rings is 1. The van der Waals surface area contributed by atoms with Crippen LogP contribution in [0.1, 0.15) is 16.8 Å². The minimum absolute atomic E-state index is 0.375. The van der Waals surface area contributed by atoms with Crippen molar-refractivity contribution in [2.24, 2.45) is 11.5 Å². The van der Waals surface area contributed by atoms with Gasteiger partial charge in [-0.05, 0) is 18.1 Å². The minimum Gasteiger partial charge on any atom is -0.401 e. The first-order chi connectivity index (χ1) is 6.59. The van der Waals surface area contributed by atoms with E-state index in [0.29, 0.717) is 23.4 Å². The highest BCUT2D eigenvalue weighted by atomic mass is 16.1. The van der Waals surface area contributed by atoms with Gasteiger partial charge in [0.1, 0.15) is 0 Å². The summed E-state index contributed by atoms with van der Waals surface area (Å²) in [6.07, 6.45) is 2.28. The summed E-state index contributed by atoms with van der Waals surface area (Å²) in [6.45, 7) is 1.95. The summed E-state index contributed by atoms with van der Waals surface area (Å²) in [5.74, 6) is -0.502. The Morgan fingerprint density at radius 1 is 1.57 bits per heavy atom. The van der Waals surface area contributed by atoms with E-state index in [4.69, 9.17) is 11.5 Å². The number of allylic oxidation sites excluding steroid dienone is 1. The Hall–Kier alpha value is -1.84. The van der Waals surface area contributed by atoms with E-state index < -0.39 is 5.91 Å². The van der Waals surface area contributed by atoms with Crippen molar-refractivity contribution in [2.45, 2.75) is 13.3 Å². The lowest BCUT2D eigenvalue weighted by atomic mass is 10.1. The molecule has 0 saturated heterocycles. The van der Waals surface area contributed by atoms with Crippen LogP contribution in [0.3, 0.4) is 0 Å². The van der Waals surface area contributed by atoms with E-state index in [0.717, 1.165) is 11.1 Å². The normalized spacial score (nSPS) is 14.4. The number of rotatable bonds is 1. The number of hydrogen-bond acceptors (Lipinski definition) is 3. The third kappa shape index (κ3) is 1.16. The summed E-state index contributed by atoms with van der Waals surface area (Å²) in [7, 11) is 0. The lowest BCUT2D eigenvalue weighted by molar-refractivity contribution is -0.112. The summed E-state index contributed by atoms with van der Waals surface area (Å²) in [4.78, 5) is 15.3. The lowest BCUT2D eigenvalue weighted by Crippen LogP contribution is -2.15. The monoisotopic (exact) mass is 189 g/mol. The highest BCUT2D eigenvalue weighted by Crippen LogP contribution is 2.28. The van der Waals surface area contributed by atoms with Gasteiger partial charge in [0.2, 0.25) is 0 Å². The molecular weight excluding hydrogens is 178 g/mol. The van der Waals surface area contributed by atoms with Crippen LogP contribution in [0, 0.1) is 6.92 Å². The molecule has 0 radical (unpaired) electrons. The van der Waals surface area contributed by atoms with Gasteiger partial charge in [-0.25, -0.2) is 0 Å². The molecular formula is C10H11N3O. The summed E-state index contributed by atoms with van der Waals surface area (Å²) in [5.41, 5.74) is 14.5. The molecule has 0 fully saturated rings. The third-order valence-corrected chi connectivity index (χ3v) is 2.29. The number of nitrogens with two attached hydrogens (primary N) is 2. The number of carbonyl (C=O) groups excluding carboxylic acids is 1. The van der Waals surface area contributed by atoms with Gasteiger partial charge < -0.3 is 11.5 Å². The molecule has 0 atom stereocenters. The van der Waals surface area contributed by atoms with Crippen molar-refractivity contribution in [3.8, 4) is 0 Å². The quantitative estimate of drug-likeness (QED) is 0.657. The molecule has 1 aliphatic rings. The first-order valence-electron chi connectivity index (χ1n) is 4.34. The van der Waals surface area contributed by atoms with Gasteiger partial charge in [0.25, 0.3) is 5.91 Å². The molecule has 1 amide bonds. The van der Waals surface area contributed by atoms with Crippen molar-refractivity contribution in [3.63, 3.8) is 0 Å². The zero-order valence-electron chi connectivity index (χ0n) is 7.87. The maximum atomic E-state index is 11.1. The van der Waals surface area contributed by atoms with E-state index in [1.807, 2.05) is 13.0 Å². The van der Waals surface area contributed by atoms with Crippen LogP contribution in [0.15, 0.2) is 18.0 Å². The van der Waals surface area contributed by atoms with Crippen LogP contribution in [0.5, 0.6) is 0 Å². The van der Waals surface area contributed by atoms with Crippen molar-refractivity contribution in [1.82, 2.24) is 4.98 Å². The number of primary amides is 1. The van der Waals surface area contributed by atoms with Crippen molar-refractivity contribution >= 4 is 11.5 Å². The van der Waals surface area contributed by atoms with Gasteiger partial charge >= 0.3 is 0 Å². The maximum absolute atomic E-state index is 11.1. The van der Waals surface area contributed by atoms with Crippen molar-refractivity contribution in [2.75, 3.05) is 0 Å². The number of carbonyl (C=O) groups is 1. The van der Waals surface area contributed by atoms with Gasteiger partial charge in [-0.3, -0.25) is 9.78 Å². The Kier molecular flexibility index (Phi) is 1.77. The largest absolute Gasteiger partial charge is 0.401 e. The maximum Gasteiger partial charge on any atom is 0.252 e. The molecule has 1 aliphatic carbocycles. The zero-order valence-corrected chi connectivity index (χ0v) is 7.87. The van der Waals surface area contributed by atoms with E-state index in [1.165, 1.54) is 0 Å². The first-order valence-corrected chi connectivity index (χ1v) is 4.34. The molecule has 0 bridgehead atoms. The fraction of sp³-hybridized carbons (Fsp3) is 0.200. The molecule has 0 aromatic carbocycles. The second-order valence-corrected chi connectivity index (χ2v) is 3.46. The highest BCUT2D eigenvalue weighted by Gasteiger charge is 2.24. The number of aromatic nitrogens is 1. The smallest absolute Gasteiger partial charge is 0.252 e. The third-order valence-electron chi connectivity index (χ3n) is 2.29.